The maximum atomic E-state index is 5.80. The minimum atomic E-state index is 0.124. The van der Waals surface area contributed by atoms with E-state index in [2.05, 4.69) is 15.3 Å². The largest absolute Gasteiger partial charge is 0.475 e. The van der Waals surface area contributed by atoms with Crippen LogP contribution in [0.5, 0.6) is 5.88 Å². The van der Waals surface area contributed by atoms with Crippen molar-refractivity contribution in [1.29, 1.82) is 0 Å². The predicted octanol–water partition coefficient (Wildman–Crippen LogP) is 2.00. The molecular weight excluding hydrogens is 230 g/mol. The quantitative estimate of drug-likeness (QED) is 0.884. The molecule has 0 saturated carbocycles. The van der Waals surface area contributed by atoms with Gasteiger partial charge in [-0.3, -0.25) is 0 Å². The lowest BCUT2D eigenvalue weighted by atomic mass is 9.96. The van der Waals surface area contributed by atoms with Crippen molar-refractivity contribution in [1.82, 2.24) is 9.97 Å². The van der Waals surface area contributed by atoms with Crippen molar-refractivity contribution in [2.24, 2.45) is 0 Å². The summed E-state index contributed by atoms with van der Waals surface area (Å²) in [6.45, 7) is 3.97. The van der Waals surface area contributed by atoms with E-state index in [4.69, 9.17) is 9.47 Å². The topological polar surface area (TPSA) is 56.3 Å². The zero-order valence-corrected chi connectivity index (χ0v) is 10.8. The Morgan fingerprint density at radius 1 is 1.44 bits per heavy atom. The van der Waals surface area contributed by atoms with E-state index in [1.165, 1.54) is 6.42 Å². The van der Waals surface area contributed by atoms with Crippen LogP contribution in [-0.2, 0) is 4.74 Å². The van der Waals surface area contributed by atoms with Gasteiger partial charge in [-0.15, -0.1) is 0 Å². The van der Waals surface area contributed by atoms with Gasteiger partial charge in [0.05, 0.1) is 24.4 Å². The second-order valence-corrected chi connectivity index (χ2v) is 5.25. The molecule has 3 rings (SSSR count). The number of aromatic nitrogens is 2. The fraction of sp³-hybridized carbons (Fsp3) is 0.692. The summed E-state index contributed by atoms with van der Waals surface area (Å²) >= 11 is 0. The molecule has 2 saturated heterocycles. The second-order valence-electron chi connectivity index (χ2n) is 5.25. The number of hydrogen-bond acceptors (Lipinski definition) is 5. The molecule has 3 atom stereocenters. The maximum absolute atomic E-state index is 5.80. The summed E-state index contributed by atoms with van der Waals surface area (Å²) in [5, 5.41) is 3.36. The van der Waals surface area contributed by atoms with Gasteiger partial charge in [0.25, 0.3) is 0 Å². The first kappa shape index (κ1) is 11.7. The van der Waals surface area contributed by atoms with Crippen molar-refractivity contribution in [3.8, 4) is 5.88 Å². The number of nitrogens with one attached hydrogen (secondary N) is 1. The molecule has 1 aromatic rings. The van der Waals surface area contributed by atoms with Crippen LogP contribution >= 0.6 is 0 Å². The lowest BCUT2D eigenvalue weighted by Gasteiger charge is -2.20. The van der Waals surface area contributed by atoms with Crippen LogP contribution in [0, 0.1) is 0 Å². The summed E-state index contributed by atoms with van der Waals surface area (Å²) in [7, 11) is 0. The van der Waals surface area contributed by atoms with Crippen LogP contribution in [0.2, 0.25) is 0 Å². The van der Waals surface area contributed by atoms with Gasteiger partial charge in [0.15, 0.2) is 0 Å². The number of fused-ring (bicyclic) bond motifs is 2. The van der Waals surface area contributed by atoms with Crippen LogP contribution in [0.4, 0.5) is 5.95 Å². The summed E-state index contributed by atoms with van der Waals surface area (Å²) in [5.41, 5.74) is 0. The highest BCUT2D eigenvalue weighted by Gasteiger charge is 2.40. The van der Waals surface area contributed by atoms with Gasteiger partial charge in [0.1, 0.15) is 0 Å². The van der Waals surface area contributed by atoms with Crippen LogP contribution in [0.1, 0.15) is 33.1 Å². The van der Waals surface area contributed by atoms with Crippen LogP contribution in [-0.4, -0.2) is 34.3 Å². The van der Waals surface area contributed by atoms with E-state index in [0.717, 1.165) is 12.8 Å². The van der Waals surface area contributed by atoms with Crippen molar-refractivity contribution in [3.05, 3.63) is 12.3 Å². The third-order valence-corrected chi connectivity index (χ3v) is 3.41. The summed E-state index contributed by atoms with van der Waals surface area (Å²) < 4.78 is 11.4. The zero-order valence-electron chi connectivity index (χ0n) is 10.8. The molecule has 5 nitrogen and oxygen atoms in total. The van der Waals surface area contributed by atoms with E-state index >= 15 is 0 Å². The van der Waals surface area contributed by atoms with Crippen LogP contribution < -0.4 is 10.1 Å². The fourth-order valence-electron chi connectivity index (χ4n) is 2.67. The molecule has 5 heteroatoms. The fourth-order valence-corrected chi connectivity index (χ4v) is 2.67. The highest BCUT2D eigenvalue weighted by atomic mass is 16.5. The normalized spacial score (nSPS) is 29.8. The Hall–Kier alpha value is -1.36. The van der Waals surface area contributed by atoms with Crippen molar-refractivity contribution < 1.29 is 9.47 Å². The minimum Gasteiger partial charge on any atom is -0.475 e. The van der Waals surface area contributed by atoms with E-state index < -0.39 is 0 Å². The number of ether oxygens (including phenoxy) is 2. The molecule has 1 N–H and O–H groups in total. The van der Waals surface area contributed by atoms with E-state index in [-0.39, 0.29) is 6.10 Å². The molecule has 1 aromatic heterocycles. The van der Waals surface area contributed by atoms with Crippen molar-refractivity contribution in [2.45, 2.75) is 57.5 Å². The molecule has 18 heavy (non-hydrogen) atoms. The minimum absolute atomic E-state index is 0.124. The summed E-state index contributed by atoms with van der Waals surface area (Å²) in [6, 6.07) is 2.13. The monoisotopic (exact) mass is 249 g/mol. The lowest BCUT2D eigenvalue weighted by Crippen LogP contribution is -2.31. The average molecular weight is 249 g/mol. The Morgan fingerprint density at radius 3 is 3.00 bits per heavy atom. The number of rotatable bonds is 4. The molecule has 3 heterocycles. The lowest BCUT2D eigenvalue weighted by molar-refractivity contribution is 0.102. The van der Waals surface area contributed by atoms with E-state index in [1.54, 1.807) is 12.3 Å². The van der Waals surface area contributed by atoms with E-state index in [0.29, 0.717) is 30.1 Å². The van der Waals surface area contributed by atoms with Crippen LogP contribution in [0.15, 0.2) is 12.3 Å². The Labute approximate surface area is 107 Å². The molecule has 2 bridgehead atoms. The SMILES string of the molecule is CC(C)Oc1ccnc(NC2CC3CCC2O3)n1. The third-order valence-electron chi connectivity index (χ3n) is 3.41. The third kappa shape index (κ3) is 2.41. The molecule has 0 aromatic carbocycles. The Balaban J connectivity index is 1.65. The Kier molecular flexibility index (Phi) is 3.07. The first-order chi connectivity index (χ1) is 8.70. The summed E-state index contributed by atoms with van der Waals surface area (Å²) in [5.74, 6) is 1.25. The van der Waals surface area contributed by atoms with E-state index in [1.807, 2.05) is 13.8 Å². The first-order valence-electron chi connectivity index (χ1n) is 6.62. The van der Waals surface area contributed by atoms with Gasteiger partial charge < -0.3 is 14.8 Å². The van der Waals surface area contributed by atoms with Gasteiger partial charge in [-0.25, -0.2) is 4.98 Å². The number of nitrogens with zero attached hydrogens (tertiary/aromatic N) is 2. The highest BCUT2D eigenvalue weighted by molar-refractivity contribution is 5.30. The molecule has 0 aliphatic carbocycles. The van der Waals surface area contributed by atoms with Gasteiger partial charge in [-0.2, -0.15) is 4.98 Å². The van der Waals surface area contributed by atoms with E-state index in [9.17, 15) is 0 Å². The predicted molar refractivity (Wildman–Crippen MR) is 67.7 cm³/mol. The number of anilines is 1. The van der Waals surface area contributed by atoms with Gasteiger partial charge in [-0.1, -0.05) is 0 Å². The van der Waals surface area contributed by atoms with Crippen LogP contribution in [0.3, 0.4) is 0 Å². The molecule has 0 radical (unpaired) electrons. The Bertz CT molecular complexity index is 424. The molecule has 0 amide bonds. The molecule has 2 aliphatic heterocycles. The summed E-state index contributed by atoms with van der Waals surface area (Å²) in [4.78, 5) is 8.60. The van der Waals surface area contributed by atoms with Crippen molar-refractivity contribution >= 4 is 5.95 Å². The second kappa shape index (κ2) is 4.72. The molecule has 2 fully saturated rings. The van der Waals surface area contributed by atoms with Gasteiger partial charge >= 0.3 is 0 Å². The summed E-state index contributed by atoms with van der Waals surface area (Å²) in [6.07, 6.45) is 6.00. The molecular formula is C13H19N3O2. The highest BCUT2D eigenvalue weighted by Crippen LogP contribution is 2.35. The zero-order chi connectivity index (χ0) is 12.5. The van der Waals surface area contributed by atoms with Crippen LogP contribution in [0.25, 0.3) is 0 Å². The maximum Gasteiger partial charge on any atom is 0.226 e. The molecule has 3 unspecified atom stereocenters. The average Bonchev–Trinajstić information content (AvgIpc) is 2.90. The van der Waals surface area contributed by atoms with Gasteiger partial charge in [0.2, 0.25) is 11.8 Å². The first-order valence-corrected chi connectivity index (χ1v) is 6.62. The molecule has 2 aliphatic rings. The molecule has 0 spiro atoms. The standard InChI is InChI=1S/C13H19N3O2/c1-8(2)17-12-5-6-14-13(16-12)15-10-7-9-3-4-11(10)18-9/h5-6,8-11H,3-4,7H2,1-2H3,(H,14,15,16). The van der Waals surface area contributed by atoms with Crippen molar-refractivity contribution in [2.75, 3.05) is 5.32 Å². The number of hydrogen-bond donors (Lipinski definition) is 1. The smallest absolute Gasteiger partial charge is 0.226 e. The Morgan fingerprint density at radius 2 is 2.33 bits per heavy atom. The van der Waals surface area contributed by atoms with Crippen molar-refractivity contribution in [3.63, 3.8) is 0 Å². The van der Waals surface area contributed by atoms with Gasteiger partial charge in [-0.05, 0) is 33.1 Å². The molecule has 98 valence electrons. The van der Waals surface area contributed by atoms with Gasteiger partial charge in [0, 0.05) is 12.3 Å².